The summed E-state index contributed by atoms with van der Waals surface area (Å²) in [6, 6.07) is 11.9. The van der Waals surface area contributed by atoms with Crippen molar-refractivity contribution in [3.05, 3.63) is 54.0 Å². The lowest BCUT2D eigenvalue weighted by Gasteiger charge is -2.12. The number of sulfonamides is 1. The number of benzene rings is 1. The maximum absolute atomic E-state index is 12.2. The molecule has 2 aromatic heterocycles. The highest BCUT2D eigenvalue weighted by atomic mass is 32.2. The van der Waals surface area contributed by atoms with Crippen LogP contribution in [0.1, 0.15) is 0 Å². The predicted molar refractivity (Wildman–Crippen MR) is 102 cm³/mol. The molecular weight excluding hydrogens is 374 g/mol. The van der Waals surface area contributed by atoms with E-state index in [2.05, 4.69) is 15.0 Å². The van der Waals surface area contributed by atoms with Gasteiger partial charge in [-0.3, -0.25) is 4.72 Å². The van der Waals surface area contributed by atoms with E-state index < -0.39 is 10.0 Å². The molecule has 0 unspecified atom stereocenters. The van der Waals surface area contributed by atoms with Gasteiger partial charge in [-0.1, -0.05) is 6.07 Å². The van der Waals surface area contributed by atoms with Crippen LogP contribution in [0.2, 0.25) is 0 Å². The molecule has 9 heteroatoms. The molecule has 0 saturated carbocycles. The lowest BCUT2D eigenvalue weighted by atomic mass is 10.2. The molecular formula is C17H17N3O4S2. The number of methoxy groups -OCH3 is 2. The van der Waals surface area contributed by atoms with Crippen molar-refractivity contribution in [1.82, 2.24) is 4.98 Å². The second-order valence-electron chi connectivity index (χ2n) is 5.16. The summed E-state index contributed by atoms with van der Waals surface area (Å²) in [5.74, 6) is 1.85. The van der Waals surface area contributed by atoms with E-state index in [-0.39, 0.29) is 4.21 Å². The van der Waals surface area contributed by atoms with Gasteiger partial charge < -0.3 is 14.8 Å². The van der Waals surface area contributed by atoms with Crippen molar-refractivity contribution in [3.63, 3.8) is 0 Å². The largest absolute Gasteiger partial charge is 0.497 e. The SMILES string of the molecule is COc1ccc(OC)c(Nc2ccc(NS(=O)(=O)c3cccs3)cn2)c1. The van der Waals surface area contributed by atoms with E-state index in [0.717, 1.165) is 11.3 Å². The van der Waals surface area contributed by atoms with Gasteiger partial charge in [0.25, 0.3) is 10.0 Å². The molecule has 0 radical (unpaired) electrons. The lowest BCUT2D eigenvalue weighted by Crippen LogP contribution is -2.11. The van der Waals surface area contributed by atoms with E-state index in [9.17, 15) is 8.42 Å². The topological polar surface area (TPSA) is 89.5 Å². The Balaban J connectivity index is 1.76. The van der Waals surface area contributed by atoms with Gasteiger partial charge in [0, 0.05) is 6.07 Å². The third kappa shape index (κ3) is 4.06. The third-order valence-corrected chi connectivity index (χ3v) is 6.22. The Morgan fingerprint density at radius 3 is 2.54 bits per heavy atom. The molecule has 26 heavy (non-hydrogen) atoms. The van der Waals surface area contributed by atoms with Crippen LogP contribution in [0.3, 0.4) is 0 Å². The van der Waals surface area contributed by atoms with Crippen LogP contribution in [0.15, 0.2) is 58.3 Å². The summed E-state index contributed by atoms with van der Waals surface area (Å²) < 4.78 is 37.7. The average Bonchev–Trinajstić information content (AvgIpc) is 3.19. The molecule has 0 fully saturated rings. The van der Waals surface area contributed by atoms with Crippen molar-refractivity contribution in [2.24, 2.45) is 0 Å². The first-order valence-corrected chi connectivity index (χ1v) is 9.89. The smallest absolute Gasteiger partial charge is 0.271 e. The number of nitrogens with one attached hydrogen (secondary N) is 2. The number of nitrogens with zero attached hydrogens (tertiary/aromatic N) is 1. The van der Waals surface area contributed by atoms with Crippen LogP contribution in [0.4, 0.5) is 17.2 Å². The van der Waals surface area contributed by atoms with Crippen LogP contribution >= 0.6 is 11.3 Å². The van der Waals surface area contributed by atoms with Crippen molar-refractivity contribution in [2.75, 3.05) is 24.3 Å². The summed E-state index contributed by atoms with van der Waals surface area (Å²) in [5, 5.41) is 4.83. The first-order chi connectivity index (χ1) is 12.5. The molecule has 3 rings (SSSR count). The van der Waals surface area contributed by atoms with Crippen molar-refractivity contribution in [1.29, 1.82) is 0 Å². The Bertz CT molecular complexity index is 972. The lowest BCUT2D eigenvalue weighted by molar-refractivity contribution is 0.405. The number of thiophene rings is 1. The summed E-state index contributed by atoms with van der Waals surface area (Å²) in [4.78, 5) is 4.24. The fraction of sp³-hybridized carbons (Fsp3) is 0.118. The van der Waals surface area contributed by atoms with Gasteiger partial charge in [0.2, 0.25) is 0 Å². The number of hydrogen-bond donors (Lipinski definition) is 2. The Morgan fingerprint density at radius 1 is 1.08 bits per heavy atom. The molecule has 0 amide bonds. The number of rotatable bonds is 7. The highest BCUT2D eigenvalue weighted by molar-refractivity contribution is 7.94. The fourth-order valence-corrected chi connectivity index (χ4v) is 4.24. The first kappa shape index (κ1) is 18.0. The van der Waals surface area contributed by atoms with Gasteiger partial charge in [0.1, 0.15) is 21.5 Å². The highest BCUT2D eigenvalue weighted by Gasteiger charge is 2.15. The quantitative estimate of drug-likeness (QED) is 0.638. The van der Waals surface area contributed by atoms with Crippen molar-refractivity contribution in [2.45, 2.75) is 4.21 Å². The van der Waals surface area contributed by atoms with Gasteiger partial charge >= 0.3 is 0 Å². The molecule has 0 aliphatic heterocycles. The molecule has 7 nitrogen and oxygen atoms in total. The van der Waals surface area contributed by atoms with Gasteiger partial charge in [0.05, 0.1) is 31.8 Å². The zero-order valence-electron chi connectivity index (χ0n) is 14.1. The van der Waals surface area contributed by atoms with Crippen LogP contribution in [0.25, 0.3) is 0 Å². The standard InChI is InChI=1S/C17H17N3O4S2/c1-23-13-6-7-15(24-2)14(10-13)19-16-8-5-12(11-18-16)20-26(21,22)17-4-3-9-25-17/h3-11,20H,1-2H3,(H,18,19). The monoisotopic (exact) mass is 391 g/mol. The highest BCUT2D eigenvalue weighted by Crippen LogP contribution is 2.31. The van der Waals surface area contributed by atoms with Gasteiger partial charge in [-0.15, -0.1) is 11.3 Å². The van der Waals surface area contributed by atoms with Crippen molar-refractivity contribution in [3.8, 4) is 11.5 Å². The minimum atomic E-state index is -3.59. The number of pyridine rings is 1. The van der Waals surface area contributed by atoms with E-state index in [1.54, 1.807) is 62.1 Å². The molecule has 0 saturated heterocycles. The Kier molecular flexibility index (Phi) is 5.29. The van der Waals surface area contributed by atoms with E-state index in [1.807, 2.05) is 0 Å². The minimum Gasteiger partial charge on any atom is -0.497 e. The summed E-state index contributed by atoms with van der Waals surface area (Å²) >= 11 is 1.15. The molecule has 1 aromatic carbocycles. The first-order valence-electron chi connectivity index (χ1n) is 7.53. The number of hydrogen-bond acceptors (Lipinski definition) is 7. The normalized spacial score (nSPS) is 11.0. The molecule has 0 atom stereocenters. The zero-order chi connectivity index (χ0) is 18.6. The van der Waals surface area contributed by atoms with Crippen LogP contribution in [-0.4, -0.2) is 27.6 Å². The van der Waals surface area contributed by atoms with Crippen molar-refractivity contribution < 1.29 is 17.9 Å². The molecule has 136 valence electrons. The molecule has 2 heterocycles. The summed E-state index contributed by atoms with van der Waals surface area (Å²) in [6.45, 7) is 0. The summed E-state index contributed by atoms with van der Waals surface area (Å²) in [6.07, 6.45) is 1.44. The molecule has 0 bridgehead atoms. The molecule has 2 N–H and O–H groups in total. The van der Waals surface area contributed by atoms with Gasteiger partial charge in [-0.05, 0) is 35.7 Å². The van der Waals surface area contributed by atoms with Gasteiger partial charge in [0.15, 0.2) is 0 Å². The molecule has 0 aliphatic carbocycles. The number of ether oxygens (including phenoxy) is 2. The Hall–Kier alpha value is -2.78. The molecule has 0 aliphatic rings. The predicted octanol–water partition coefficient (Wildman–Crippen LogP) is 3.70. The van der Waals surface area contributed by atoms with Crippen LogP contribution in [0.5, 0.6) is 11.5 Å². The molecule has 3 aromatic rings. The van der Waals surface area contributed by atoms with E-state index in [1.165, 1.54) is 6.20 Å². The second-order valence-corrected chi connectivity index (χ2v) is 8.02. The van der Waals surface area contributed by atoms with Gasteiger partial charge in [-0.25, -0.2) is 13.4 Å². The van der Waals surface area contributed by atoms with Gasteiger partial charge in [-0.2, -0.15) is 0 Å². The van der Waals surface area contributed by atoms with Crippen LogP contribution in [-0.2, 0) is 10.0 Å². The number of anilines is 3. The van der Waals surface area contributed by atoms with E-state index in [0.29, 0.717) is 28.7 Å². The number of aromatic nitrogens is 1. The summed E-state index contributed by atoms with van der Waals surface area (Å²) in [5.41, 5.74) is 1.06. The maximum Gasteiger partial charge on any atom is 0.271 e. The van der Waals surface area contributed by atoms with Crippen LogP contribution < -0.4 is 19.5 Å². The zero-order valence-corrected chi connectivity index (χ0v) is 15.7. The van der Waals surface area contributed by atoms with E-state index >= 15 is 0 Å². The van der Waals surface area contributed by atoms with Crippen LogP contribution in [0, 0.1) is 0 Å². The maximum atomic E-state index is 12.2. The average molecular weight is 391 g/mol. The Labute approximate surface area is 155 Å². The molecule has 0 spiro atoms. The van der Waals surface area contributed by atoms with Crippen molar-refractivity contribution >= 4 is 38.6 Å². The minimum absolute atomic E-state index is 0.251. The Morgan fingerprint density at radius 2 is 1.92 bits per heavy atom. The second kappa shape index (κ2) is 7.63. The van der Waals surface area contributed by atoms with E-state index in [4.69, 9.17) is 9.47 Å². The third-order valence-electron chi connectivity index (χ3n) is 3.45. The fourth-order valence-electron chi connectivity index (χ4n) is 2.20. The summed E-state index contributed by atoms with van der Waals surface area (Å²) in [7, 11) is -0.436.